The van der Waals surface area contributed by atoms with E-state index in [0.29, 0.717) is 24.6 Å². The largest absolute Gasteiger partial charge is 0.334 e. The average molecular weight is 251 g/mol. The van der Waals surface area contributed by atoms with E-state index in [1.54, 1.807) is 4.90 Å². The van der Waals surface area contributed by atoms with Crippen molar-refractivity contribution in [3.05, 3.63) is 29.8 Å². The quantitative estimate of drug-likeness (QED) is 0.864. The van der Waals surface area contributed by atoms with Crippen LogP contribution in [0.1, 0.15) is 30.1 Å². The molecule has 0 aromatic carbocycles. The zero-order valence-corrected chi connectivity index (χ0v) is 10.5. The molecule has 18 heavy (non-hydrogen) atoms. The van der Waals surface area contributed by atoms with Crippen molar-refractivity contribution >= 4 is 5.91 Å². The standard InChI is InChI=1S/C13H18FN3O/c1-9-3-2-4-17(12(9)6-15)13(18)10-5-11(14)8-16-7-10/h5,7-9,12H,2-4,6,15H2,1H3. The topological polar surface area (TPSA) is 59.2 Å². The average Bonchev–Trinajstić information content (AvgIpc) is 2.37. The molecule has 1 aromatic rings. The fraction of sp³-hybridized carbons (Fsp3) is 0.538. The normalized spacial score (nSPS) is 24.1. The van der Waals surface area contributed by atoms with E-state index >= 15 is 0 Å². The first-order valence-corrected chi connectivity index (χ1v) is 6.25. The maximum absolute atomic E-state index is 13.1. The minimum atomic E-state index is -0.491. The Morgan fingerprint density at radius 1 is 1.61 bits per heavy atom. The van der Waals surface area contributed by atoms with Gasteiger partial charge >= 0.3 is 0 Å². The van der Waals surface area contributed by atoms with Crippen LogP contribution in [0.25, 0.3) is 0 Å². The molecule has 1 aliphatic rings. The van der Waals surface area contributed by atoms with Gasteiger partial charge in [-0.3, -0.25) is 9.78 Å². The SMILES string of the molecule is CC1CCCN(C(=O)c2cncc(F)c2)C1CN. The molecular weight excluding hydrogens is 233 g/mol. The zero-order valence-electron chi connectivity index (χ0n) is 10.5. The zero-order chi connectivity index (χ0) is 13.1. The summed E-state index contributed by atoms with van der Waals surface area (Å²) in [5, 5.41) is 0. The minimum absolute atomic E-state index is 0.0366. The second-order valence-electron chi connectivity index (χ2n) is 4.81. The van der Waals surface area contributed by atoms with Crippen LogP contribution in [0.15, 0.2) is 18.5 Å². The number of aromatic nitrogens is 1. The predicted molar refractivity (Wildman–Crippen MR) is 66.5 cm³/mol. The molecule has 2 rings (SSSR count). The number of piperidine rings is 1. The van der Waals surface area contributed by atoms with Gasteiger partial charge in [0.15, 0.2) is 0 Å². The van der Waals surface area contributed by atoms with Crippen LogP contribution in [0.5, 0.6) is 0 Å². The highest BCUT2D eigenvalue weighted by Crippen LogP contribution is 2.24. The number of carbonyl (C=O) groups is 1. The molecule has 1 aliphatic heterocycles. The van der Waals surface area contributed by atoms with Crippen LogP contribution >= 0.6 is 0 Å². The van der Waals surface area contributed by atoms with E-state index in [-0.39, 0.29) is 11.9 Å². The second-order valence-corrected chi connectivity index (χ2v) is 4.81. The molecule has 0 bridgehead atoms. The molecule has 0 aliphatic carbocycles. The third-order valence-electron chi connectivity index (χ3n) is 3.57. The summed E-state index contributed by atoms with van der Waals surface area (Å²) in [6, 6.07) is 1.26. The Bertz CT molecular complexity index is 438. The number of likely N-dealkylation sites (tertiary alicyclic amines) is 1. The van der Waals surface area contributed by atoms with E-state index < -0.39 is 5.82 Å². The number of hydrogen-bond acceptors (Lipinski definition) is 3. The van der Waals surface area contributed by atoms with E-state index in [1.165, 1.54) is 12.3 Å². The van der Waals surface area contributed by atoms with Crippen LogP contribution in [0.3, 0.4) is 0 Å². The van der Waals surface area contributed by atoms with Gasteiger partial charge in [0, 0.05) is 25.3 Å². The first-order chi connectivity index (χ1) is 8.63. The number of pyridine rings is 1. The maximum Gasteiger partial charge on any atom is 0.255 e. The Hall–Kier alpha value is -1.49. The van der Waals surface area contributed by atoms with Crippen LogP contribution in [-0.2, 0) is 0 Å². The number of carbonyl (C=O) groups excluding carboxylic acids is 1. The Balaban J connectivity index is 2.21. The molecule has 2 N–H and O–H groups in total. The molecule has 2 atom stereocenters. The number of amides is 1. The number of nitrogens with two attached hydrogens (primary N) is 1. The van der Waals surface area contributed by atoms with Gasteiger partial charge in [-0.05, 0) is 24.8 Å². The highest BCUT2D eigenvalue weighted by molar-refractivity contribution is 5.94. The summed E-state index contributed by atoms with van der Waals surface area (Å²) in [7, 11) is 0. The lowest BCUT2D eigenvalue weighted by Gasteiger charge is -2.39. The van der Waals surface area contributed by atoms with Gasteiger partial charge in [0.2, 0.25) is 0 Å². The molecule has 0 spiro atoms. The highest BCUT2D eigenvalue weighted by Gasteiger charge is 2.31. The molecule has 1 saturated heterocycles. The minimum Gasteiger partial charge on any atom is -0.334 e. The molecule has 5 heteroatoms. The number of hydrogen-bond donors (Lipinski definition) is 1. The van der Waals surface area contributed by atoms with Gasteiger partial charge < -0.3 is 10.6 Å². The maximum atomic E-state index is 13.1. The van der Waals surface area contributed by atoms with E-state index in [4.69, 9.17) is 5.73 Å². The van der Waals surface area contributed by atoms with E-state index in [2.05, 4.69) is 11.9 Å². The van der Waals surface area contributed by atoms with Crippen LogP contribution < -0.4 is 5.73 Å². The second kappa shape index (κ2) is 5.44. The van der Waals surface area contributed by atoms with Gasteiger partial charge in [0.1, 0.15) is 5.82 Å². The molecule has 1 amide bonds. The lowest BCUT2D eigenvalue weighted by atomic mass is 9.90. The fourth-order valence-corrected chi connectivity index (χ4v) is 2.56. The van der Waals surface area contributed by atoms with Crippen molar-refractivity contribution in [3.63, 3.8) is 0 Å². The van der Waals surface area contributed by atoms with E-state index in [0.717, 1.165) is 19.0 Å². The number of halogens is 1. The Morgan fingerprint density at radius 2 is 2.39 bits per heavy atom. The highest BCUT2D eigenvalue weighted by atomic mass is 19.1. The lowest BCUT2D eigenvalue weighted by molar-refractivity contribution is 0.0531. The van der Waals surface area contributed by atoms with Gasteiger partial charge in [0.05, 0.1) is 11.8 Å². The van der Waals surface area contributed by atoms with Crippen LogP contribution in [0.2, 0.25) is 0 Å². The molecule has 1 fully saturated rings. The Kier molecular flexibility index (Phi) is 3.91. The summed E-state index contributed by atoms with van der Waals surface area (Å²) in [6.07, 6.45) is 4.54. The fourth-order valence-electron chi connectivity index (χ4n) is 2.56. The van der Waals surface area contributed by atoms with Crippen molar-refractivity contribution in [1.29, 1.82) is 0 Å². The first-order valence-electron chi connectivity index (χ1n) is 6.25. The summed E-state index contributed by atoms with van der Waals surface area (Å²) in [6.45, 7) is 3.22. The predicted octanol–water partition coefficient (Wildman–Crippen LogP) is 1.42. The lowest BCUT2D eigenvalue weighted by Crippen LogP contribution is -2.51. The molecule has 98 valence electrons. The first kappa shape index (κ1) is 13.0. The Morgan fingerprint density at radius 3 is 3.06 bits per heavy atom. The number of nitrogens with zero attached hydrogens (tertiary/aromatic N) is 2. The van der Waals surface area contributed by atoms with E-state index in [1.807, 2.05) is 0 Å². The third-order valence-corrected chi connectivity index (χ3v) is 3.57. The van der Waals surface area contributed by atoms with Gasteiger partial charge in [-0.2, -0.15) is 0 Å². The van der Waals surface area contributed by atoms with Crippen molar-refractivity contribution in [2.75, 3.05) is 13.1 Å². The Labute approximate surface area is 106 Å². The smallest absolute Gasteiger partial charge is 0.255 e. The summed E-state index contributed by atoms with van der Waals surface area (Å²) in [4.78, 5) is 17.8. The molecule has 0 radical (unpaired) electrons. The summed E-state index contributed by atoms with van der Waals surface area (Å²) in [5.74, 6) is -0.284. The van der Waals surface area contributed by atoms with Gasteiger partial charge in [-0.25, -0.2) is 4.39 Å². The summed E-state index contributed by atoms with van der Waals surface area (Å²) >= 11 is 0. The van der Waals surface area contributed by atoms with E-state index in [9.17, 15) is 9.18 Å². The van der Waals surface area contributed by atoms with Crippen LogP contribution in [0.4, 0.5) is 4.39 Å². The number of rotatable bonds is 2. The third kappa shape index (κ3) is 2.51. The van der Waals surface area contributed by atoms with Crippen molar-refractivity contribution in [3.8, 4) is 0 Å². The molecule has 2 heterocycles. The summed E-state index contributed by atoms with van der Waals surface area (Å²) in [5.41, 5.74) is 6.04. The van der Waals surface area contributed by atoms with Crippen molar-refractivity contribution in [2.45, 2.75) is 25.8 Å². The van der Waals surface area contributed by atoms with Crippen molar-refractivity contribution < 1.29 is 9.18 Å². The molecule has 0 saturated carbocycles. The van der Waals surface area contributed by atoms with Crippen LogP contribution in [0, 0.1) is 11.7 Å². The molecular formula is C13H18FN3O. The summed E-state index contributed by atoms with van der Waals surface area (Å²) < 4.78 is 13.1. The van der Waals surface area contributed by atoms with Crippen molar-refractivity contribution in [1.82, 2.24) is 9.88 Å². The van der Waals surface area contributed by atoms with Gasteiger partial charge in [0.25, 0.3) is 5.91 Å². The monoisotopic (exact) mass is 251 g/mol. The molecule has 1 aromatic heterocycles. The molecule has 2 unspecified atom stereocenters. The van der Waals surface area contributed by atoms with Crippen LogP contribution in [-0.4, -0.2) is 34.9 Å². The molecule has 4 nitrogen and oxygen atoms in total. The van der Waals surface area contributed by atoms with Crippen molar-refractivity contribution in [2.24, 2.45) is 11.7 Å². The van der Waals surface area contributed by atoms with Gasteiger partial charge in [-0.15, -0.1) is 0 Å². The van der Waals surface area contributed by atoms with Gasteiger partial charge in [-0.1, -0.05) is 6.92 Å².